The summed E-state index contributed by atoms with van der Waals surface area (Å²) >= 11 is 0. The van der Waals surface area contributed by atoms with Crippen molar-refractivity contribution in [3.05, 3.63) is 31.0 Å². The minimum Gasteiger partial charge on any atom is -0.346 e. The van der Waals surface area contributed by atoms with Gasteiger partial charge in [0, 0.05) is 23.3 Å². The Kier molecular flexibility index (Phi) is 3.11. The van der Waals surface area contributed by atoms with Gasteiger partial charge in [-0.1, -0.05) is 6.42 Å². The predicted octanol–water partition coefficient (Wildman–Crippen LogP) is 3.08. The van der Waals surface area contributed by atoms with Crippen LogP contribution in [0.5, 0.6) is 0 Å². The maximum absolute atomic E-state index is 9.09. The van der Waals surface area contributed by atoms with Crippen LogP contribution in [0.1, 0.15) is 31.7 Å². The van der Waals surface area contributed by atoms with Crippen molar-refractivity contribution in [3.8, 4) is 17.3 Å². The third-order valence-electron chi connectivity index (χ3n) is 4.56. The number of hydrogen-bond donors (Lipinski definition) is 1. The number of H-pyrrole nitrogens is 1. The van der Waals surface area contributed by atoms with Crippen LogP contribution in [0.4, 0.5) is 0 Å². The summed E-state index contributed by atoms with van der Waals surface area (Å²) in [6, 6.07) is 4.45. The van der Waals surface area contributed by atoms with E-state index < -0.39 is 0 Å². The van der Waals surface area contributed by atoms with Gasteiger partial charge in [-0.25, -0.2) is 9.97 Å². The van der Waals surface area contributed by atoms with Gasteiger partial charge >= 0.3 is 0 Å². The summed E-state index contributed by atoms with van der Waals surface area (Å²) in [5.74, 6) is 0.574. The minimum absolute atomic E-state index is 0.177. The van der Waals surface area contributed by atoms with Crippen molar-refractivity contribution in [1.29, 1.82) is 5.26 Å². The van der Waals surface area contributed by atoms with Crippen LogP contribution in [0.25, 0.3) is 22.3 Å². The predicted molar refractivity (Wildman–Crippen MR) is 81.7 cm³/mol. The van der Waals surface area contributed by atoms with Crippen molar-refractivity contribution in [2.24, 2.45) is 5.92 Å². The van der Waals surface area contributed by atoms with Crippen LogP contribution in [0.3, 0.4) is 0 Å². The molecule has 0 aliphatic heterocycles. The zero-order valence-corrected chi connectivity index (χ0v) is 12.1. The first-order valence-electron chi connectivity index (χ1n) is 7.56. The smallest absolute Gasteiger partial charge is 0.141 e. The van der Waals surface area contributed by atoms with E-state index in [-0.39, 0.29) is 6.04 Å². The molecule has 0 radical (unpaired) electrons. The van der Waals surface area contributed by atoms with Crippen LogP contribution in [-0.2, 0) is 0 Å². The number of aromatic amines is 1. The minimum atomic E-state index is 0.177. The maximum atomic E-state index is 9.09. The number of hydrogen-bond acceptors (Lipinski definition) is 4. The van der Waals surface area contributed by atoms with E-state index in [1.807, 2.05) is 29.3 Å². The van der Waals surface area contributed by atoms with Gasteiger partial charge in [0.2, 0.25) is 0 Å². The summed E-state index contributed by atoms with van der Waals surface area (Å²) in [4.78, 5) is 11.7. The van der Waals surface area contributed by atoms with E-state index in [2.05, 4.69) is 26.1 Å². The fourth-order valence-corrected chi connectivity index (χ4v) is 3.14. The van der Waals surface area contributed by atoms with Gasteiger partial charge in [0.05, 0.1) is 30.4 Å². The largest absolute Gasteiger partial charge is 0.346 e. The molecule has 0 amide bonds. The molecule has 6 nitrogen and oxygen atoms in total. The van der Waals surface area contributed by atoms with E-state index in [1.165, 1.54) is 19.3 Å². The molecule has 0 aromatic carbocycles. The molecule has 3 aromatic rings. The molecular formula is C16H16N6. The average Bonchev–Trinajstić information content (AvgIpc) is 3.13. The summed E-state index contributed by atoms with van der Waals surface area (Å²) < 4.78 is 1.95. The van der Waals surface area contributed by atoms with Crippen LogP contribution in [-0.4, -0.2) is 24.7 Å². The average molecular weight is 292 g/mol. The van der Waals surface area contributed by atoms with Crippen molar-refractivity contribution in [2.45, 2.75) is 31.7 Å². The molecular weight excluding hydrogens is 276 g/mol. The summed E-state index contributed by atoms with van der Waals surface area (Å²) in [5, 5.41) is 14.6. The second-order valence-electron chi connectivity index (χ2n) is 5.79. The molecule has 1 aliphatic rings. The number of nitrogens with zero attached hydrogens (tertiary/aromatic N) is 5. The molecule has 0 unspecified atom stereocenters. The van der Waals surface area contributed by atoms with Crippen LogP contribution in [0, 0.1) is 17.2 Å². The Labute approximate surface area is 127 Å². The lowest BCUT2D eigenvalue weighted by molar-refractivity contribution is 0.199. The van der Waals surface area contributed by atoms with Crippen molar-refractivity contribution in [3.63, 3.8) is 0 Å². The van der Waals surface area contributed by atoms with E-state index in [1.54, 1.807) is 6.33 Å². The Balaban J connectivity index is 1.71. The first kappa shape index (κ1) is 13.0. The lowest BCUT2D eigenvalue weighted by Gasteiger charge is -2.32. The van der Waals surface area contributed by atoms with Gasteiger partial charge in [0.25, 0.3) is 0 Å². The van der Waals surface area contributed by atoms with Gasteiger partial charge in [0.1, 0.15) is 12.0 Å². The summed E-state index contributed by atoms with van der Waals surface area (Å²) in [6.45, 7) is 0. The molecule has 0 spiro atoms. The zero-order valence-electron chi connectivity index (χ0n) is 12.1. The first-order chi connectivity index (χ1) is 10.9. The number of rotatable bonds is 4. The molecule has 22 heavy (non-hydrogen) atoms. The molecule has 1 atom stereocenters. The molecule has 0 saturated heterocycles. The van der Waals surface area contributed by atoms with Crippen molar-refractivity contribution >= 4 is 11.0 Å². The second-order valence-corrected chi connectivity index (χ2v) is 5.79. The van der Waals surface area contributed by atoms with Crippen LogP contribution < -0.4 is 0 Å². The zero-order chi connectivity index (χ0) is 14.9. The summed E-state index contributed by atoms with van der Waals surface area (Å²) in [5.41, 5.74) is 2.67. The monoisotopic (exact) mass is 292 g/mol. The van der Waals surface area contributed by atoms with E-state index in [4.69, 9.17) is 5.26 Å². The Morgan fingerprint density at radius 3 is 3.09 bits per heavy atom. The van der Waals surface area contributed by atoms with Gasteiger partial charge in [-0.05, 0) is 24.8 Å². The molecule has 110 valence electrons. The Morgan fingerprint density at radius 2 is 2.32 bits per heavy atom. The van der Waals surface area contributed by atoms with Gasteiger partial charge < -0.3 is 4.98 Å². The fourth-order valence-electron chi connectivity index (χ4n) is 3.14. The van der Waals surface area contributed by atoms with Gasteiger partial charge in [0.15, 0.2) is 0 Å². The third kappa shape index (κ3) is 2.06. The normalized spacial score (nSPS) is 16.3. The number of aromatic nitrogens is 5. The summed E-state index contributed by atoms with van der Waals surface area (Å²) in [7, 11) is 0. The first-order valence-corrected chi connectivity index (χ1v) is 7.56. The molecule has 1 N–H and O–H groups in total. The molecule has 1 aliphatic carbocycles. The Bertz CT molecular complexity index is 836. The highest BCUT2D eigenvalue weighted by Gasteiger charge is 2.29. The van der Waals surface area contributed by atoms with Gasteiger partial charge in [-0.15, -0.1) is 0 Å². The van der Waals surface area contributed by atoms with E-state index in [0.29, 0.717) is 12.3 Å². The SMILES string of the molecule is N#CC[C@H](C1CCC1)n1cc(-c2ncnc3[nH]ccc23)cn1. The highest BCUT2D eigenvalue weighted by atomic mass is 15.3. The lowest BCUT2D eigenvalue weighted by Crippen LogP contribution is -2.25. The third-order valence-corrected chi connectivity index (χ3v) is 4.56. The van der Waals surface area contributed by atoms with Gasteiger partial charge in [-0.3, -0.25) is 4.68 Å². The van der Waals surface area contributed by atoms with Crippen molar-refractivity contribution in [1.82, 2.24) is 24.7 Å². The molecule has 4 rings (SSSR count). The fraction of sp³-hybridized carbons (Fsp3) is 0.375. The molecule has 3 aromatic heterocycles. The Morgan fingerprint density at radius 1 is 1.41 bits per heavy atom. The van der Waals surface area contributed by atoms with Gasteiger partial charge in [-0.2, -0.15) is 10.4 Å². The van der Waals surface area contributed by atoms with Crippen LogP contribution in [0.2, 0.25) is 0 Å². The molecule has 0 bridgehead atoms. The van der Waals surface area contributed by atoms with Crippen LogP contribution in [0.15, 0.2) is 31.0 Å². The van der Waals surface area contributed by atoms with Crippen molar-refractivity contribution in [2.75, 3.05) is 0 Å². The van der Waals surface area contributed by atoms with E-state index >= 15 is 0 Å². The number of fused-ring (bicyclic) bond motifs is 1. The van der Waals surface area contributed by atoms with Crippen molar-refractivity contribution < 1.29 is 0 Å². The highest BCUT2D eigenvalue weighted by molar-refractivity contribution is 5.89. The Hall–Kier alpha value is -2.68. The molecule has 3 heterocycles. The van der Waals surface area contributed by atoms with E-state index in [9.17, 15) is 0 Å². The lowest BCUT2D eigenvalue weighted by atomic mass is 9.79. The number of nitrogens with one attached hydrogen (secondary N) is 1. The molecule has 6 heteroatoms. The van der Waals surface area contributed by atoms with E-state index in [0.717, 1.165) is 22.3 Å². The molecule has 1 fully saturated rings. The quantitative estimate of drug-likeness (QED) is 0.801. The summed E-state index contributed by atoms with van der Waals surface area (Å²) in [6.07, 6.45) is 11.4. The molecule has 1 saturated carbocycles. The second kappa shape index (κ2) is 5.26. The van der Waals surface area contributed by atoms with Crippen LogP contribution >= 0.6 is 0 Å². The topological polar surface area (TPSA) is 83.2 Å². The maximum Gasteiger partial charge on any atom is 0.141 e. The standard InChI is InChI=1S/C16H16N6/c17-6-4-14(11-2-1-3-11)22-9-12(8-21-22)15-13-5-7-18-16(13)20-10-19-15/h5,7-11,14H,1-4H2,(H,18,19,20)/t14-/m1/s1. The number of nitriles is 1. The highest BCUT2D eigenvalue weighted by Crippen LogP contribution is 2.38.